The summed E-state index contributed by atoms with van der Waals surface area (Å²) in [6, 6.07) is 11.2. The number of rotatable bonds is 7. The highest BCUT2D eigenvalue weighted by Gasteiger charge is 2.28. The molecule has 1 aromatic heterocycles. The zero-order valence-corrected chi connectivity index (χ0v) is 15.6. The Kier molecular flexibility index (Phi) is 5.75. The first kappa shape index (κ1) is 17.9. The van der Waals surface area contributed by atoms with Crippen molar-refractivity contribution in [1.82, 2.24) is 0 Å². The summed E-state index contributed by atoms with van der Waals surface area (Å²) in [6.45, 7) is 0.502. The van der Waals surface area contributed by atoms with Crippen LogP contribution >= 0.6 is 11.3 Å². The van der Waals surface area contributed by atoms with Crippen LogP contribution in [0.1, 0.15) is 30.6 Å². The monoisotopic (exact) mass is 378 g/mol. The van der Waals surface area contributed by atoms with Crippen LogP contribution in [0.15, 0.2) is 41.8 Å². The first-order valence-electron chi connectivity index (χ1n) is 8.47. The molecule has 2 heterocycles. The Hall–Kier alpha value is -1.86. The lowest BCUT2D eigenvalue weighted by Crippen LogP contribution is -2.25. The molecule has 0 bridgehead atoms. The molecule has 1 aliphatic heterocycles. The van der Waals surface area contributed by atoms with Gasteiger partial charge in [0.2, 0.25) is 15.9 Å². The van der Waals surface area contributed by atoms with Crippen LogP contribution in [-0.4, -0.2) is 26.6 Å². The summed E-state index contributed by atoms with van der Waals surface area (Å²) in [4.78, 5) is 13.4. The Morgan fingerprint density at radius 2 is 2.08 bits per heavy atom. The second-order valence-electron chi connectivity index (χ2n) is 6.13. The smallest absolute Gasteiger partial charge is 0.235 e. The fourth-order valence-electron chi connectivity index (χ4n) is 2.93. The Labute approximate surface area is 152 Å². The van der Waals surface area contributed by atoms with Crippen LogP contribution in [0.5, 0.6) is 0 Å². The minimum atomic E-state index is -3.20. The predicted octanol–water partition coefficient (Wildman–Crippen LogP) is 3.64. The van der Waals surface area contributed by atoms with Gasteiger partial charge in [-0.3, -0.25) is 9.10 Å². The molecule has 0 unspecified atom stereocenters. The zero-order chi connectivity index (χ0) is 17.7. The van der Waals surface area contributed by atoms with E-state index in [-0.39, 0.29) is 11.7 Å². The van der Waals surface area contributed by atoms with E-state index in [1.165, 1.54) is 9.18 Å². The number of hydrogen-bond acceptors (Lipinski definition) is 4. The van der Waals surface area contributed by atoms with Gasteiger partial charge in [0.25, 0.3) is 0 Å². The molecule has 0 spiro atoms. The standard InChI is InChI=1S/C18H22N2O3S2/c21-18(10-2-1-8-17-9-4-12-24-17)19-15-6-3-7-16(14-15)20-11-5-13-25(20,22)23/h3-4,6-7,9,12,14H,1-2,5,8,10-11,13H2,(H,19,21). The van der Waals surface area contributed by atoms with E-state index in [0.717, 1.165) is 19.3 Å². The first-order valence-corrected chi connectivity index (χ1v) is 11.0. The van der Waals surface area contributed by atoms with Crippen molar-refractivity contribution in [2.75, 3.05) is 21.9 Å². The number of nitrogens with zero attached hydrogens (tertiary/aromatic N) is 1. The van der Waals surface area contributed by atoms with Gasteiger partial charge in [-0.15, -0.1) is 11.3 Å². The second kappa shape index (κ2) is 8.01. The fraction of sp³-hybridized carbons (Fsp3) is 0.389. The quantitative estimate of drug-likeness (QED) is 0.748. The highest BCUT2D eigenvalue weighted by molar-refractivity contribution is 7.93. The highest BCUT2D eigenvalue weighted by Crippen LogP contribution is 2.26. The molecule has 0 atom stereocenters. The summed E-state index contributed by atoms with van der Waals surface area (Å²) < 4.78 is 25.4. The molecule has 1 amide bonds. The third-order valence-corrected chi connectivity index (χ3v) is 6.98. The first-order chi connectivity index (χ1) is 12.0. The highest BCUT2D eigenvalue weighted by atomic mass is 32.2. The van der Waals surface area contributed by atoms with E-state index in [0.29, 0.717) is 30.8 Å². The van der Waals surface area contributed by atoms with E-state index >= 15 is 0 Å². The van der Waals surface area contributed by atoms with Crippen molar-refractivity contribution >= 4 is 38.6 Å². The van der Waals surface area contributed by atoms with Gasteiger partial charge in [0.1, 0.15) is 0 Å². The number of benzene rings is 1. The molecule has 5 nitrogen and oxygen atoms in total. The number of nitrogens with one attached hydrogen (secondary N) is 1. The van der Waals surface area contributed by atoms with Crippen molar-refractivity contribution in [3.8, 4) is 0 Å². The molecule has 3 rings (SSSR count). The maximum atomic E-state index is 12.1. The molecule has 0 radical (unpaired) electrons. The number of carbonyl (C=O) groups excluding carboxylic acids is 1. The van der Waals surface area contributed by atoms with Crippen molar-refractivity contribution in [2.24, 2.45) is 0 Å². The van der Waals surface area contributed by atoms with Gasteiger partial charge in [-0.2, -0.15) is 0 Å². The molecule has 1 N–H and O–H groups in total. The fourth-order valence-corrected chi connectivity index (χ4v) is 5.24. The van der Waals surface area contributed by atoms with Crippen LogP contribution in [0.25, 0.3) is 0 Å². The molecule has 1 fully saturated rings. The predicted molar refractivity (Wildman–Crippen MR) is 103 cm³/mol. The molecule has 0 aliphatic carbocycles. The van der Waals surface area contributed by atoms with Crippen LogP contribution in [0.4, 0.5) is 11.4 Å². The van der Waals surface area contributed by atoms with Crippen molar-refractivity contribution in [2.45, 2.75) is 32.1 Å². The minimum absolute atomic E-state index is 0.0346. The molecule has 2 aromatic rings. The lowest BCUT2D eigenvalue weighted by Gasteiger charge is -2.17. The van der Waals surface area contributed by atoms with Gasteiger partial charge in [0.15, 0.2) is 0 Å². The van der Waals surface area contributed by atoms with Gasteiger partial charge >= 0.3 is 0 Å². The summed E-state index contributed by atoms with van der Waals surface area (Å²) in [5.74, 6) is 0.154. The normalized spacial score (nSPS) is 16.1. The Bertz CT molecular complexity index is 817. The van der Waals surface area contributed by atoms with Crippen LogP contribution in [0.3, 0.4) is 0 Å². The minimum Gasteiger partial charge on any atom is -0.326 e. The van der Waals surface area contributed by atoms with E-state index in [4.69, 9.17) is 0 Å². The molecular weight excluding hydrogens is 356 g/mol. The topological polar surface area (TPSA) is 66.5 Å². The van der Waals surface area contributed by atoms with Crippen LogP contribution < -0.4 is 9.62 Å². The zero-order valence-electron chi connectivity index (χ0n) is 14.0. The lowest BCUT2D eigenvalue weighted by molar-refractivity contribution is -0.116. The van der Waals surface area contributed by atoms with Gasteiger partial charge in [-0.05, 0) is 55.3 Å². The summed E-state index contributed by atoms with van der Waals surface area (Å²) >= 11 is 1.74. The van der Waals surface area contributed by atoms with Gasteiger partial charge in [0, 0.05) is 23.5 Å². The van der Waals surface area contributed by atoms with Crippen LogP contribution in [-0.2, 0) is 21.2 Å². The molecule has 1 aromatic carbocycles. The number of aryl methyl sites for hydroxylation is 1. The summed E-state index contributed by atoms with van der Waals surface area (Å²) in [7, 11) is -3.20. The second-order valence-corrected chi connectivity index (χ2v) is 9.17. The van der Waals surface area contributed by atoms with Gasteiger partial charge in [-0.25, -0.2) is 8.42 Å². The molecule has 1 aliphatic rings. The third-order valence-electron chi connectivity index (χ3n) is 4.17. The summed E-state index contributed by atoms with van der Waals surface area (Å²) in [5.41, 5.74) is 1.26. The lowest BCUT2D eigenvalue weighted by atomic mass is 10.1. The van der Waals surface area contributed by atoms with Gasteiger partial charge < -0.3 is 5.32 Å². The summed E-state index contributed by atoms with van der Waals surface area (Å²) in [5, 5.41) is 4.93. The molecule has 1 saturated heterocycles. The summed E-state index contributed by atoms with van der Waals surface area (Å²) in [6.07, 6.45) is 3.94. The van der Waals surface area contributed by atoms with Gasteiger partial charge in [0.05, 0.1) is 11.4 Å². The molecule has 25 heavy (non-hydrogen) atoms. The maximum Gasteiger partial charge on any atom is 0.235 e. The van der Waals surface area contributed by atoms with E-state index < -0.39 is 10.0 Å². The maximum absolute atomic E-state index is 12.1. The van der Waals surface area contributed by atoms with E-state index in [2.05, 4.69) is 16.8 Å². The SMILES string of the molecule is O=C(CCCCc1cccs1)Nc1cccc(N2CCCS2(=O)=O)c1. The van der Waals surface area contributed by atoms with E-state index in [1.54, 1.807) is 35.6 Å². The van der Waals surface area contributed by atoms with Crippen molar-refractivity contribution in [3.05, 3.63) is 46.7 Å². The van der Waals surface area contributed by atoms with Crippen molar-refractivity contribution in [1.29, 1.82) is 0 Å². The Morgan fingerprint density at radius 3 is 2.80 bits per heavy atom. The number of carbonyl (C=O) groups is 1. The molecule has 7 heteroatoms. The largest absolute Gasteiger partial charge is 0.326 e. The average Bonchev–Trinajstić information content (AvgIpc) is 3.21. The Balaban J connectivity index is 1.50. The van der Waals surface area contributed by atoms with Crippen LogP contribution in [0, 0.1) is 0 Å². The molecular formula is C18H22N2O3S2. The molecule has 134 valence electrons. The van der Waals surface area contributed by atoms with Gasteiger partial charge in [-0.1, -0.05) is 12.1 Å². The number of anilines is 2. The number of unbranched alkanes of at least 4 members (excludes halogenated alkanes) is 1. The number of sulfonamides is 1. The van der Waals surface area contributed by atoms with Crippen molar-refractivity contribution < 1.29 is 13.2 Å². The number of thiophene rings is 1. The van der Waals surface area contributed by atoms with Crippen LogP contribution in [0.2, 0.25) is 0 Å². The molecule has 0 saturated carbocycles. The van der Waals surface area contributed by atoms with E-state index in [1.807, 2.05) is 6.07 Å². The third kappa shape index (κ3) is 4.83. The number of hydrogen-bond donors (Lipinski definition) is 1. The van der Waals surface area contributed by atoms with E-state index in [9.17, 15) is 13.2 Å². The number of amides is 1. The van der Waals surface area contributed by atoms with Crippen molar-refractivity contribution in [3.63, 3.8) is 0 Å². The average molecular weight is 379 g/mol. The Morgan fingerprint density at radius 1 is 1.20 bits per heavy atom.